The van der Waals surface area contributed by atoms with Gasteiger partial charge in [0.15, 0.2) is 5.13 Å². The van der Waals surface area contributed by atoms with Gasteiger partial charge >= 0.3 is 0 Å². The van der Waals surface area contributed by atoms with Gasteiger partial charge in [0, 0.05) is 94.4 Å². The SMILES string of the molecule is Cc1c(-c2ccc(N3CCc4cccc(C(=O)Nc5nc6ccccc6s5)c4C3)nc2C(=O)NCCN2CCN(CC(=O)NCC(=O)N3CCC(O)C3)CC2)cnn1CC1CCCCC1. The number of aromatic nitrogens is 4. The van der Waals surface area contributed by atoms with E-state index in [0.29, 0.717) is 86.9 Å². The highest BCUT2D eigenvalue weighted by Crippen LogP contribution is 2.33. The van der Waals surface area contributed by atoms with Crippen molar-refractivity contribution >= 4 is 56.1 Å². The zero-order valence-electron chi connectivity index (χ0n) is 37.1. The monoisotopic (exact) mass is 901 g/mol. The molecule has 342 valence electrons. The van der Waals surface area contributed by atoms with Gasteiger partial charge in [-0.1, -0.05) is 54.9 Å². The molecule has 17 heteroatoms. The first kappa shape index (κ1) is 44.5. The third-order valence-electron chi connectivity index (χ3n) is 13.5. The van der Waals surface area contributed by atoms with E-state index in [1.807, 2.05) is 54.7 Å². The molecule has 2 aromatic carbocycles. The molecule has 4 aliphatic rings. The number of hydrogen-bond acceptors (Lipinski definition) is 12. The van der Waals surface area contributed by atoms with Gasteiger partial charge in [-0.3, -0.25) is 39.0 Å². The van der Waals surface area contributed by atoms with Crippen molar-refractivity contribution in [2.75, 3.05) is 82.2 Å². The molecule has 3 aliphatic heterocycles. The predicted octanol–water partition coefficient (Wildman–Crippen LogP) is 4.32. The molecule has 1 unspecified atom stereocenters. The Kier molecular flexibility index (Phi) is 13.8. The van der Waals surface area contributed by atoms with Crippen LogP contribution in [0.4, 0.5) is 10.9 Å². The Morgan fingerprint density at radius 1 is 0.831 bits per heavy atom. The minimum Gasteiger partial charge on any atom is -0.391 e. The Balaban J connectivity index is 0.861. The molecule has 0 bridgehead atoms. The number of hydrogen-bond donors (Lipinski definition) is 4. The van der Waals surface area contributed by atoms with E-state index in [-0.39, 0.29) is 36.7 Å². The minimum absolute atomic E-state index is 0.0643. The Labute approximate surface area is 383 Å². The number of nitrogens with zero attached hydrogens (tertiary/aromatic N) is 8. The summed E-state index contributed by atoms with van der Waals surface area (Å²) in [5.74, 6) is 0.423. The summed E-state index contributed by atoms with van der Waals surface area (Å²) in [6, 6.07) is 17.7. The summed E-state index contributed by atoms with van der Waals surface area (Å²) in [6.45, 7) is 8.97. The third-order valence-corrected chi connectivity index (χ3v) is 14.5. The van der Waals surface area contributed by atoms with Crippen molar-refractivity contribution in [3.8, 4) is 11.1 Å². The Hall–Kier alpha value is -5.75. The van der Waals surface area contributed by atoms with Crippen LogP contribution in [0.1, 0.15) is 76.2 Å². The molecule has 4 N–H and O–H groups in total. The highest BCUT2D eigenvalue weighted by atomic mass is 32.1. The number of β-amino-alcohol motifs (C(OH)–C–C–N with tert-alkyl or cyclic N) is 1. The Morgan fingerprint density at radius 3 is 2.45 bits per heavy atom. The van der Waals surface area contributed by atoms with E-state index in [1.54, 1.807) is 4.90 Å². The van der Waals surface area contributed by atoms with E-state index in [9.17, 15) is 24.3 Å². The maximum Gasteiger partial charge on any atom is 0.270 e. The quantitative estimate of drug-likeness (QED) is 0.125. The fourth-order valence-corrected chi connectivity index (χ4v) is 10.6. The van der Waals surface area contributed by atoms with Gasteiger partial charge in [0.05, 0.1) is 35.6 Å². The maximum absolute atomic E-state index is 14.3. The second-order valence-corrected chi connectivity index (χ2v) is 18.9. The predicted molar refractivity (Wildman–Crippen MR) is 251 cm³/mol. The molecule has 5 aromatic rings. The first-order chi connectivity index (χ1) is 31.6. The fraction of sp³-hybridized carbons (Fsp3) is 0.479. The zero-order chi connectivity index (χ0) is 44.9. The van der Waals surface area contributed by atoms with Gasteiger partial charge < -0.3 is 25.5 Å². The van der Waals surface area contributed by atoms with Crippen LogP contribution in [-0.4, -0.2) is 141 Å². The molecule has 16 nitrogen and oxygen atoms in total. The van der Waals surface area contributed by atoms with Crippen molar-refractivity contribution < 1.29 is 24.3 Å². The Bertz CT molecular complexity index is 2490. The lowest BCUT2D eigenvalue weighted by molar-refractivity contribution is -0.132. The number of aliphatic hydroxyl groups excluding tert-OH is 1. The normalized spacial score (nSPS) is 18.5. The van der Waals surface area contributed by atoms with Crippen LogP contribution in [0.25, 0.3) is 21.3 Å². The van der Waals surface area contributed by atoms with Crippen molar-refractivity contribution in [3.63, 3.8) is 0 Å². The molecular weight excluding hydrogens is 843 g/mol. The number of fused-ring (bicyclic) bond motifs is 2. The van der Waals surface area contributed by atoms with Crippen LogP contribution in [0.3, 0.4) is 0 Å². The lowest BCUT2D eigenvalue weighted by atomic mass is 9.89. The molecule has 2 saturated heterocycles. The summed E-state index contributed by atoms with van der Waals surface area (Å²) in [7, 11) is 0. The number of para-hydroxylation sites is 1. The second kappa shape index (κ2) is 20.2. The number of amides is 4. The van der Waals surface area contributed by atoms with Crippen molar-refractivity contribution in [2.45, 2.75) is 71.1 Å². The number of anilines is 2. The molecule has 1 aliphatic carbocycles. The third kappa shape index (κ3) is 10.5. The summed E-state index contributed by atoms with van der Waals surface area (Å²) >= 11 is 1.45. The number of rotatable bonds is 14. The molecule has 1 atom stereocenters. The minimum atomic E-state index is -0.491. The highest BCUT2D eigenvalue weighted by Gasteiger charge is 2.28. The molecule has 4 amide bonds. The molecular formula is C48H59N11O5S. The van der Waals surface area contributed by atoms with Crippen molar-refractivity contribution in [1.29, 1.82) is 0 Å². The van der Waals surface area contributed by atoms with Crippen LogP contribution in [0.5, 0.6) is 0 Å². The first-order valence-corrected chi connectivity index (χ1v) is 24.0. The number of nitrogens with one attached hydrogen (secondary N) is 3. The van der Waals surface area contributed by atoms with Gasteiger partial charge in [-0.15, -0.1) is 0 Å². The summed E-state index contributed by atoms with van der Waals surface area (Å²) in [5.41, 5.74) is 6.47. The van der Waals surface area contributed by atoms with Gasteiger partial charge in [0.25, 0.3) is 11.8 Å². The number of pyridine rings is 1. The summed E-state index contributed by atoms with van der Waals surface area (Å²) in [5, 5.41) is 24.0. The summed E-state index contributed by atoms with van der Waals surface area (Å²) < 4.78 is 3.10. The standard InChI is InChI=1S/C48H59N11O5S/c1-32-38(26-51-59(32)28-33-8-3-2-4-9-33)36-14-15-42(57-19-16-34-10-7-11-37(39(34)30-57)46(63)54-48-52-40-12-5-6-13-41(40)65-48)53-45(36)47(64)49-18-21-55-22-24-56(25-23-55)31-43(61)50-27-44(62)58-20-17-35(60)29-58/h5-7,10-15,26,33,35,60H,2-4,8-9,16-25,27-31H2,1H3,(H,49,64)(H,50,61)(H,52,54,63). The number of aliphatic hydroxyl groups is 1. The second-order valence-electron chi connectivity index (χ2n) is 17.9. The summed E-state index contributed by atoms with van der Waals surface area (Å²) in [6.07, 6.45) is 8.89. The smallest absolute Gasteiger partial charge is 0.270 e. The number of piperazine rings is 1. The van der Waals surface area contributed by atoms with E-state index in [2.05, 4.69) is 53.3 Å². The molecule has 65 heavy (non-hydrogen) atoms. The van der Waals surface area contributed by atoms with Gasteiger partial charge in [-0.25, -0.2) is 9.97 Å². The topological polar surface area (TPSA) is 181 Å². The molecule has 3 aromatic heterocycles. The zero-order valence-corrected chi connectivity index (χ0v) is 38.0. The molecule has 3 fully saturated rings. The average Bonchev–Trinajstić information content (AvgIpc) is 4.06. The number of carbonyl (C=O) groups excluding carboxylic acids is 4. The van der Waals surface area contributed by atoms with Crippen molar-refractivity contribution in [1.82, 2.24) is 45.1 Å². The first-order valence-electron chi connectivity index (χ1n) is 23.2. The van der Waals surface area contributed by atoms with E-state index in [4.69, 9.17) is 10.1 Å². The summed E-state index contributed by atoms with van der Waals surface area (Å²) in [4.78, 5) is 71.0. The van der Waals surface area contributed by atoms with Gasteiger partial charge in [-0.2, -0.15) is 5.10 Å². The van der Waals surface area contributed by atoms with Gasteiger partial charge in [-0.05, 0) is 80.0 Å². The van der Waals surface area contributed by atoms with Gasteiger partial charge in [0.2, 0.25) is 11.8 Å². The molecule has 1 saturated carbocycles. The highest BCUT2D eigenvalue weighted by molar-refractivity contribution is 7.22. The Morgan fingerprint density at radius 2 is 1.65 bits per heavy atom. The van der Waals surface area contributed by atoms with E-state index >= 15 is 0 Å². The largest absolute Gasteiger partial charge is 0.391 e. The molecule has 6 heterocycles. The number of carbonyl (C=O) groups is 4. The molecule has 0 radical (unpaired) electrons. The van der Waals surface area contributed by atoms with Crippen molar-refractivity contribution in [2.24, 2.45) is 5.92 Å². The lowest BCUT2D eigenvalue weighted by Crippen LogP contribution is -2.51. The maximum atomic E-state index is 14.3. The van der Waals surface area contributed by atoms with Crippen LogP contribution in [0, 0.1) is 12.8 Å². The van der Waals surface area contributed by atoms with Crippen LogP contribution in [0.2, 0.25) is 0 Å². The number of benzene rings is 2. The molecule has 9 rings (SSSR count). The molecule has 0 spiro atoms. The van der Waals surface area contributed by atoms with Crippen LogP contribution in [-0.2, 0) is 29.1 Å². The van der Waals surface area contributed by atoms with E-state index in [1.165, 1.54) is 43.4 Å². The average molecular weight is 902 g/mol. The number of thiazole rings is 1. The number of likely N-dealkylation sites (tertiary alicyclic amines) is 1. The fourth-order valence-electron chi connectivity index (χ4n) is 9.70. The van der Waals surface area contributed by atoms with Gasteiger partial charge in [0.1, 0.15) is 11.5 Å². The van der Waals surface area contributed by atoms with Crippen LogP contribution in [0.15, 0.2) is 60.8 Å². The van der Waals surface area contributed by atoms with Crippen LogP contribution >= 0.6 is 11.3 Å². The van der Waals surface area contributed by atoms with Crippen molar-refractivity contribution in [3.05, 3.63) is 88.9 Å². The lowest BCUT2D eigenvalue weighted by Gasteiger charge is -2.34. The van der Waals surface area contributed by atoms with Crippen LogP contribution < -0.4 is 20.9 Å². The van der Waals surface area contributed by atoms with E-state index in [0.717, 1.165) is 64.2 Å². The van der Waals surface area contributed by atoms with E-state index < -0.39 is 6.10 Å².